The van der Waals surface area contributed by atoms with Crippen molar-refractivity contribution in [1.82, 2.24) is 9.97 Å². The van der Waals surface area contributed by atoms with Crippen LogP contribution in [0.5, 0.6) is 5.88 Å². The lowest BCUT2D eigenvalue weighted by molar-refractivity contribution is 0.398. The Bertz CT molecular complexity index is 397. The summed E-state index contributed by atoms with van der Waals surface area (Å²) in [5.41, 5.74) is 2.17. The van der Waals surface area contributed by atoms with Gasteiger partial charge in [0.1, 0.15) is 0 Å². The summed E-state index contributed by atoms with van der Waals surface area (Å²) in [4.78, 5) is 8.09. The predicted molar refractivity (Wildman–Crippen MR) is 54.0 cm³/mol. The lowest BCUT2D eigenvalue weighted by Crippen LogP contribution is -1.87. The van der Waals surface area contributed by atoms with Gasteiger partial charge in [-0.05, 0) is 23.8 Å². The number of methoxy groups -OCH3 is 1. The fourth-order valence-corrected chi connectivity index (χ4v) is 1.22. The van der Waals surface area contributed by atoms with Gasteiger partial charge < -0.3 is 4.74 Å². The predicted octanol–water partition coefficient (Wildman–Crippen LogP) is 2.15. The van der Waals surface area contributed by atoms with Gasteiger partial charge in [-0.2, -0.15) is 0 Å². The molecule has 3 heteroatoms. The second kappa shape index (κ2) is 3.87. The second-order valence-corrected chi connectivity index (χ2v) is 2.83. The summed E-state index contributed by atoms with van der Waals surface area (Å²) < 4.78 is 4.98. The van der Waals surface area contributed by atoms with Crippen LogP contribution < -0.4 is 4.74 Å². The molecular formula is C11H10N2O. The minimum Gasteiger partial charge on any atom is -0.481 e. The maximum absolute atomic E-state index is 4.98. The fourth-order valence-electron chi connectivity index (χ4n) is 1.22. The number of hydrogen-bond donors (Lipinski definition) is 0. The quantitative estimate of drug-likeness (QED) is 0.720. The highest BCUT2D eigenvalue weighted by Crippen LogP contribution is 2.18. The van der Waals surface area contributed by atoms with Crippen LogP contribution in [0, 0.1) is 0 Å². The maximum Gasteiger partial charge on any atom is 0.212 e. The van der Waals surface area contributed by atoms with Crippen molar-refractivity contribution in [3.8, 4) is 17.0 Å². The Balaban J connectivity index is 2.34. The first kappa shape index (κ1) is 8.69. The monoisotopic (exact) mass is 186 g/mol. The van der Waals surface area contributed by atoms with Gasteiger partial charge >= 0.3 is 0 Å². The van der Waals surface area contributed by atoms with Crippen molar-refractivity contribution in [1.29, 1.82) is 0 Å². The van der Waals surface area contributed by atoms with Crippen molar-refractivity contribution in [2.75, 3.05) is 7.11 Å². The van der Waals surface area contributed by atoms with E-state index in [1.54, 1.807) is 25.7 Å². The number of pyridine rings is 2. The molecule has 2 rings (SSSR count). The smallest absolute Gasteiger partial charge is 0.212 e. The van der Waals surface area contributed by atoms with Crippen LogP contribution in [-0.2, 0) is 0 Å². The minimum atomic E-state index is 0.628. The second-order valence-electron chi connectivity index (χ2n) is 2.83. The molecule has 0 N–H and O–H groups in total. The van der Waals surface area contributed by atoms with Crippen LogP contribution in [0.4, 0.5) is 0 Å². The lowest BCUT2D eigenvalue weighted by atomic mass is 10.1. The van der Waals surface area contributed by atoms with E-state index in [1.807, 2.05) is 24.3 Å². The summed E-state index contributed by atoms with van der Waals surface area (Å²) in [5.74, 6) is 0.628. The average Bonchev–Trinajstić information content (AvgIpc) is 2.30. The molecule has 0 spiro atoms. The highest BCUT2D eigenvalue weighted by molar-refractivity contribution is 5.61. The number of nitrogens with zero attached hydrogens (tertiary/aromatic N) is 2. The van der Waals surface area contributed by atoms with Crippen LogP contribution in [0.2, 0.25) is 0 Å². The van der Waals surface area contributed by atoms with E-state index >= 15 is 0 Å². The number of hydrogen-bond acceptors (Lipinski definition) is 3. The maximum atomic E-state index is 4.98. The van der Waals surface area contributed by atoms with E-state index in [2.05, 4.69) is 9.97 Å². The summed E-state index contributed by atoms with van der Waals surface area (Å²) in [5, 5.41) is 0. The van der Waals surface area contributed by atoms with Crippen molar-refractivity contribution < 1.29 is 4.74 Å². The third kappa shape index (κ3) is 1.71. The van der Waals surface area contributed by atoms with Crippen LogP contribution in [0.25, 0.3) is 11.1 Å². The van der Waals surface area contributed by atoms with Crippen molar-refractivity contribution in [3.05, 3.63) is 42.9 Å². The molecule has 0 amide bonds. The van der Waals surface area contributed by atoms with Gasteiger partial charge in [-0.3, -0.25) is 4.98 Å². The molecular weight excluding hydrogens is 176 g/mol. The standard InChI is InChI=1S/C11H10N2O/c1-14-11-3-2-10(8-13-11)9-4-6-12-7-5-9/h2-8H,1H3. The molecule has 0 saturated carbocycles. The van der Waals surface area contributed by atoms with Crippen molar-refractivity contribution in [2.24, 2.45) is 0 Å². The zero-order chi connectivity index (χ0) is 9.80. The van der Waals surface area contributed by atoms with E-state index in [9.17, 15) is 0 Å². The molecule has 0 aromatic carbocycles. The molecule has 0 bridgehead atoms. The average molecular weight is 186 g/mol. The summed E-state index contributed by atoms with van der Waals surface area (Å²) in [6, 6.07) is 7.71. The van der Waals surface area contributed by atoms with Gasteiger partial charge in [0.25, 0.3) is 0 Å². The Kier molecular flexibility index (Phi) is 2.40. The first-order chi connectivity index (χ1) is 6.90. The third-order valence-corrected chi connectivity index (χ3v) is 1.96. The van der Waals surface area contributed by atoms with Crippen LogP contribution in [-0.4, -0.2) is 17.1 Å². The van der Waals surface area contributed by atoms with Crippen LogP contribution in [0.15, 0.2) is 42.9 Å². The van der Waals surface area contributed by atoms with Crippen LogP contribution in [0.1, 0.15) is 0 Å². The van der Waals surface area contributed by atoms with E-state index in [1.165, 1.54) is 0 Å². The van der Waals surface area contributed by atoms with Gasteiger partial charge in [0.15, 0.2) is 0 Å². The topological polar surface area (TPSA) is 35.0 Å². The largest absolute Gasteiger partial charge is 0.481 e. The summed E-state index contributed by atoms with van der Waals surface area (Å²) in [6.45, 7) is 0. The summed E-state index contributed by atoms with van der Waals surface area (Å²) in [7, 11) is 1.61. The van der Waals surface area contributed by atoms with Crippen LogP contribution in [0.3, 0.4) is 0 Å². The number of rotatable bonds is 2. The molecule has 3 nitrogen and oxygen atoms in total. The van der Waals surface area contributed by atoms with Gasteiger partial charge in [0, 0.05) is 30.2 Å². The van der Waals surface area contributed by atoms with Gasteiger partial charge in [-0.1, -0.05) is 0 Å². The zero-order valence-corrected chi connectivity index (χ0v) is 7.84. The number of aromatic nitrogens is 2. The molecule has 2 aromatic heterocycles. The van der Waals surface area contributed by atoms with Gasteiger partial charge in [0.2, 0.25) is 5.88 Å². The summed E-state index contributed by atoms with van der Waals surface area (Å²) in [6.07, 6.45) is 5.31. The molecule has 2 heterocycles. The van der Waals surface area contributed by atoms with E-state index in [0.717, 1.165) is 11.1 Å². The van der Waals surface area contributed by atoms with Crippen molar-refractivity contribution in [2.45, 2.75) is 0 Å². The molecule has 2 aromatic rings. The van der Waals surface area contributed by atoms with Gasteiger partial charge in [0.05, 0.1) is 7.11 Å². The normalized spacial score (nSPS) is 9.79. The molecule has 0 radical (unpaired) electrons. The lowest BCUT2D eigenvalue weighted by Gasteiger charge is -2.01. The first-order valence-corrected chi connectivity index (χ1v) is 4.30. The molecule has 0 aliphatic carbocycles. The van der Waals surface area contributed by atoms with Crippen molar-refractivity contribution in [3.63, 3.8) is 0 Å². The Morgan fingerprint density at radius 1 is 1.00 bits per heavy atom. The third-order valence-electron chi connectivity index (χ3n) is 1.96. The Morgan fingerprint density at radius 2 is 1.79 bits per heavy atom. The molecule has 0 atom stereocenters. The Hall–Kier alpha value is -1.90. The SMILES string of the molecule is COc1ccc(-c2ccncc2)cn1. The highest BCUT2D eigenvalue weighted by Gasteiger charge is 1.97. The van der Waals surface area contributed by atoms with E-state index in [-0.39, 0.29) is 0 Å². The van der Waals surface area contributed by atoms with E-state index in [4.69, 9.17) is 4.74 Å². The van der Waals surface area contributed by atoms with E-state index in [0.29, 0.717) is 5.88 Å². The number of ether oxygens (including phenoxy) is 1. The zero-order valence-electron chi connectivity index (χ0n) is 7.84. The summed E-state index contributed by atoms with van der Waals surface area (Å²) >= 11 is 0. The van der Waals surface area contributed by atoms with Gasteiger partial charge in [-0.25, -0.2) is 4.98 Å². The molecule has 14 heavy (non-hydrogen) atoms. The molecule has 0 saturated heterocycles. The highest BCUT2D eigenvalue weighted by atomic mass is 16.5. The fraction of sp³-hybridized carbons (Fsp3) is 0.0909. The van der Waals surface area contributed by atoms with Crippen LogP contribution >= 0.6 is 0 Å². The minimum absolute atomic E-state index is 0.628. The molecule has 0 aliphatic heterocycles. The van der Waals surface area contributed by atoms with E-state index < -0.39 is 0 Å². The molecule has 0 fully saturated rings. The van der Waals surface area contributed by atoms with Gasteiger partial charge in [-0.15, -0.1) is 0 Å². The molecule has 0 aliphatic rings. The molecule has 0 unspecified atom stereocenters. The van der Waals surface area contributed by atoms with Crippen molar-refractivity contribution >= 4 is 0 Å². The Labute approximate surface area is 82.4 Å². The molecule has 70 valence electrons. The first-order valence-electron chi connectivity index (χ1n) is 4.30. The Morgan fingerprint density at radius 3 is 2.36 bits per heavy atom.